The lowest BCUT2D eigenvalue weighted by Crippen LogP contribution is -2.12. The fraction of sp³-hybridized carbons (Fsp3) is 0.0435. The molecule has 0 fully saturated rings. The molecule has 0 bridgehead atoms. The number of aromatic nitrogens is 1. The zero-order valence-corrected chi connectivity index (χ0v) is 18.2. The quantitative estimate of drug-likeness (QED) is 0.351. The summed E-state index contributed by atoms with van der Waals surface area (Å²) in [5.41, 5.74) is 3.57. The molecule has 0 aliphatic carbocycles. The highest BCUT2D eigenvalue weighted by Gasteiger charge is 2.14. The Labute approximate surface area is 188 Å². The Morgan fingerprint density at radius 2 is 1.80 bits per heavy atom. The van der Waals surface area contributed by atoms with Crippen LogP contribution >= 0.6 is 34.5 Å². The molecular formula is C23H16Cl2N2O2S. The summed E-state index contributed by atoms with van der Waals surface area (Å²) in [5.74, 6) is 0.258. The van der Waals surface area contributed by atoms with Crippen LogP contribution in [0.5, 0.6) is 5.75 Å². The van der Waals surface area contributed by atoms with Crippen molar-refractivity contribution in [3.8, 4) is 27.6 Å². The monoisotopic (exact) mass is 454 g/mol. The topological polar surface area (TPSA) is 51.2 Å². The summed E-state index contributed by atoms with van der Waals surface area (Å²) in [6.45, 7) is 0. The second-order valence-electron chi connectivity index (χ2n) is 6.40. The normalized spacial score (nSPS) is 10.6. The highest BCUT2D eigenvalue weighted by molar-refractivity contribution is 7.13. The first kappa shape index (κ1) is 20.4. The van der Waals surface area contributed by atoms with Gasteiger partial charge < -0.3 is 10.1 Å². The van der Waals surface area contributed by atoms with E-state index in [0.29, 0.717) is 27.0 Å². The summed E-state index contributed by atoms with van der Waals surface area (Å²) in [6.07, 6.45) is 0. The summed E-state index contributed by atoms with van der Waals surface area (Å²) in [7, 11) is 1.54. The van der Waals surface area contributed by atoms with Crippen molar-refractivity contribution < 1.29 is 9.53 Å². The number of anilines is 1. The fourth-order valence-corrected chi connectivity index (χ4v) is 4.28. The first-order valence-corrected chi connectivity index (χ1v) is 10.6. The van der Waals surface area contributed by atoms with Gasteiger partial charge in [-0.2, -0.15) is 0 Å². The number of ether oxygens (including phenoxy) is 1. The Morgan fingerprint density at radius 1 is 1.00 bits per heavy atom. The standard InChI is InChI=1S/C23H16Cl2N2O2S/c1-29-16-8-10-18(20(25)12-16)22(28)26-15-7-9-17(19(24)11-15)21-13-30-23(27-21)14-5-3-2-4-6-14/h2-13H,1H3,(H,26,28). The highest BCUT2D eigenvalue weighted by Crippen LogP contribution is 2.34. The van der Waals surface area contributed by atoms with Crippen LogP contribution in [-0.2, 0) is 0 Å². The van der Waals surface area contributed by atoms with Crippen LogP contribution in [0.3, 0.4) is 0 Å². The maximum atomic E-state index is 12.6. The molecule has 0 unspecified atom stereocenters. The van der Waals surface area contributed by atoms with Gasteiger partial charge in [-0.05, 0) is 36.4 Å². The summed E-state index contributed by atoms with van der Waals surface area (Å²) in [5, 5.41) is 6.53. The maximum Gasteiger partial charge on any atom is 0.257 e. The van der Waals surface area contributed by atoms with E-state index in [2.05, 4.69) is 5.32 Å². The Hall–Kier alpha value is -2.86. The second kappa shape index (κ2) is 8.88. The van der Waals surface area contributed by atoms with Gasteiger partial charge in [0.25, 0.3) is 5.91 Å². The largest absolute Gasteiger partial charge is 0.497 e. The zero-order chi connectivity index (χ0) is 21.1. The van der Waals surface area contributed by atoms with Crippen molar-refractivity contribution in [1.82, 2.24) is 4.98 Å². The van der Waals surface area contributed by atoms with E-state index in [-0.39, 0.29) is 5.91 Å². The summed E-state index contributed by atoms with van der Waals surface area (Å²) in [6, 6.07) is 20.2. The minimum atomic E-state index is -0.327. The van der Waals surface area contributed by atoms with E-state index in [9.17, 15) is 4.79 Å². The van der Waals surface area contributed by atoms with Crippen LogP contribution in [0.4, 0.5) is 5.69 Å². The molecule has 1 aromatic heterocycles. The number of hydrogen-bond donors (Lipinski definition) is 1. The van der Waals surface area contributed by atoms with Crippen LogP contribution in [0.2, 0.25) is 10.0 Å². The predicted molar refractivity (Wildman–Crippen MR) is 124 cm³/mol. The van der Waals surface area contributed by atoms with E-state index < -0.39 is 0 Å². The molecule has 150 valence electrons. The van der Waals surface area contributed by atoms with Crippen molar-refractivity contribution in [3.05, 3.63) is 87.7 Å². The Morgan fingerprint density at radius 3 is 2.50 bits per heavy atom. The highest BCUT2D eigenvalue weighted by atomic mass is 35.5. The zero-order valence-electron chi connectivity index (χ0n) is 15.9. The molecule has 30 heavy (non-hydrogen) atoms. The molecule has 1 N–H and O–H groups in total. The van der Waals surface area contributed by atoms with Crippen LogP contribution < -0.4 is 10.1 Å². The van der Waals surface area contributed by atoms with Gasteiger partial charge in [-0.1, -0.05) is 53.5 Å². The van der Waals surface area contributed by atoms with E-state index in [0.717, 1.165) is 21.8 Å². The molecule has 4 aromatic rings. The Kier molecular flexibility index (Phi) is 6.04. The molecule has 4 rings (SSSR count). The van der Waals surface area contributed by atoms with Crippen LogP contribution in [-0.4, -0.2) is 18.0 Å². The average molecular weight is 455 g/mol. The predicted octanol–water partition coefficient (Wildman–Crippen LogP) is 7.04. The molecule has 0 aliphatic heterocycles. The van der Waals surface area contributed by atoms with Gasteiger partial charge in [0.15, 0.2) is 0 Å². The van der Waals surface area contributed by atoms with E-state index in [1.54, 1.807) is 48.8 Å². The maximum absolute atomic E-state index is 12.6. The van der Waals surface area contributed by atoms with E-state index in [1.165, 1.54) is 0 Å². The second-order valence-corrected chi connectivity index (χ2v) is 8.07. The third-order valence-electron chi connectivity index (χ3n) is 4.45. The molecule has 1 heterocycles. The van der Waals surface area contributed by atoms with E-state index in [1.807, 2.05) is 41.8 Å². The summed E-state index contributed by atoms with van der Waals surface area (Å²) < 4.78 is 5.11. The lowest BCUT2D eigenvalue weighted by molar-refractivity contribution is 0.102. The number of nitrogens with zero attached hydrogens (tertiary/aromatic N) is 1. The number of carbonyl (C=O) groups excluding carboxylic acids is 1. The lowest BCUT2D eigenvalue weighted by atomic mass is 10.1. The third kappa shape index (κ3) is 4.33. The molecule has 0 saturated carbocycles. The minimum Gasteiger partial charge on any atom is -0.497 e. The molecule has 0 saturated heterocycles. The molecule has 4 nitrogen and oxygen atoms in total. The van der Waals surface area contributed by atoms with E-state index in [4.69, 9.17) is 32.9 Å². The van der Waals surface area contributed by atoms with E-state index >= 15 is 0 Å². The van der Waals surface area contributed by atoms with Crippen molar-refractivity contribution in [3.63, 3.8) is 0 Å². The van der Waals surface area contributed by atoms with Gasteiger partial charge >= 0.3 is 0 Å². The number of hydrogen-bond acceptors (Lipinski definition) is 4. The molecule has 7 heteroatoms. The van der Waals surface area contributed by atoms with Crippen LogP contribution in [0.25, 0.3) is 21.8 Å². The van der Waals surface area contributed by atoms with Crippen LogP contribution in [0.15, 0.2) is 72.1 Å². The van der Waals surface area contributed by atoms with Crippen molar-refractivity contribution in [2.75, 3.05) is 12.4 Å². The number of amides is 1. The van der Waals surface area contributed by atoms with Gasteiger partial charge in [0.1, 0.15) is 10.8 Å². The van der Waals surface area contributed by atoms with Gasteiger partial charge in [0, 0.05) is 22.2 Å². The number of thiazole rings is 1. The fourth-order valence-electron chi connectivity index (χ4n) is 2.92. The average Bonchev–Trinajstić information content (AvgIpc) is 3.24. The molecular weight excluding hydrogens is 439 g/mol. The number of methoxy groups -OCH3 is 1. The molecule has 0 atom stereocenters. The lowest BCUT2D eigenvalue weighted by Gasteiger charge is -2.10. The SMILES string of the molecule is COc1ccc(C(=O)Nc2ccc(-c3csc(-c4ccccc4)n3)c(Cl)c2)c(Cl)c1. The van der Waals surface area contributed by atoms with Gasteiger partial charge in [0.2, 0.25) is 0 Å². The van der Waals surface area contributed by atoms with Crippen LogP contribution in [0, 0.1) is 0 Å². The Bertz CT molecular complexity index is 1210. The summed E-state index contributed by atoms with van der Waals surface area (Å²) >= 11 is 14.2. The van der Waals surface area contributed by atoms with Gasteiger partial charge in [-0.15, -0.1) is 11.3 Å². The smallest absolute Gasteiger partial charge is 0.257 e. The number of rotatable bonds is 5. The number of carbonyl (C=O) groups is 1. The van der Waals surface area contributed by atoms with Crippen molar-refractivity contribution in [2.45, 2.75) is 0 Å². The van der Waals surface area contributed by atoms with Gasteiger partial charge in [-0.25, -0.2) is 4.98 Å². The third-order valence-corrected chi connectivity index (χ3v) is 5.97. The first-order chi connectivity index (χ1) is 14.5. The van der Waals surface area contributed by atoms with Crippen molar-refractivity contribution in [1.29, 1.82) is 0 Å². The number of halogens is 2. The van der Waals surface area contributed by atoms with Gasteiger partial charge in [0.05, 0.1) is 28.4 Å². The molecule has 0 radical (unpaired) electrons. The van der Waals surface area contributed by atoms with Crippen molar-refractivity contribution in [2.24, 2.45) is 0 Å². The number of nitrogens with one attached hydrogen (secondary N) is 1. The first-order valence-electron chi connectivity index (χ1n) is 9.01. The summed E-state index contributed by atoms with van der Waals surface area (Å²) in [4.78, 5) is 17.3. The molecule has 1 amide bonds. The number of benzene rings is 3. The minimum absolute atomic E-state index is 0.311. The van der Waals surface area contributed by atoms with Crippen LogP contribution in [0.1, 0.15) is 10.4 Å². The van der Waals surface area contributed by atoms with Gasteiger partial charge in [-0.3, -0.25) is 4.79 Å². The van der Waals surface area contributed by atoms with Crippen molar-refractivity contribution >= 4 is 46.1 Å². The molecule has 0 spiro atoms. The Balaban J connectivity index is 1.54. The molecule has 3 aromatic carbocycles. The molecule has 0 aliphatic rings.